The van der Waals surface area contributed by atoms with Crippen LogP contribution in [-0.2, 0) is 6.54 Å². The van der Waals surface area contributed by atoms with E-state index < -0.39 is 11.2 Å². The van der Waals surface area contributed by atoms with Gasteiger partial charge in [0.2, 0.25) is 5.78 Å². The van der Waals surface area contributed by atoms with Crippen LogP contribution in [0.2, 0.25) is 0 Å². The number of aromatic nitrogens is 3. The van der Waals surface area contributed by atoms with Gasteiger partial charge in [0.05, 0.1) is 6.54 Å². The van der Waals surface area contributed by atoms with E-state index in [0.29, 0.717) is 16.8 Å². The zero-order valence-electron chi connectivity index (χ0n) is 17.8. The van der Waals surface area contributed by atoms with Crippen LogP contribution in [0.25, 0.3) is 0 Å². The van der Waals surface area contributed by atoms with Crippen LogP contribution in [0, 0.1) is 26.0 Å². The Morgan fingerprint density at radius 2 is 1.73 bits per heavy atom. The van der Waals surface area contributed by atoms with Crippen molar-refractivity contribution in [2.24, 2.45) is 0 Å². The number of aryl methyl sites for hydroxylation is 3. The standard InChI is InChI=1S/C23H25N3O4/c1-13(2)19-20(21(27)18-9-14(3)8-15(4)10-18)25(23(29)24-22(19)28)12-17-6-7-26(30)16(5)11-17/h6-11,13H,12H2,1-5H3,(H,24,28,29). The average Bonchev–Trinajstić information content (AvgIpc) is 2.64. The molecule has 0 fully saturated rings. The van der Waals surface area contributed by atoms with E-state index in [2.05, 4.69) is 4.98 Å². The summed E-state index contributed by atoms with van der Waals surface area (Å²) in [6, 6.07) is 8.71. The van der Waals surface area contributed by atoms with Gasteiger partial charge in [-0.25, -0.2) is 4.79 Å². The molecule has 30 heavy (non-hydrogen) atoms. The second-order valence-corrected chi connectivity index (χ2v) is 7.97. The Morgan fingerprint density at radius 3 is 2.30 bits per heavy atom. The molecule has 0 aliphatic carbocycles. The van der Waals surface area contributed by atoms with Crippen LogP contribution in [0.15, 0.2) is 46.1 Å². The second kappa shape index (κ2) is 8.10. The topological polar surface area (TPSA) is 98.9 Å². The molecule has 7 nitrogen and oxygen atoms in total. The molecule has 1 aromatic carbocycles. The van der Waals surface area contributed by atoms with Crippen LogP contribution in [-0.4, -0.2) is 15.3 Å². The molecule has 2 heterocycles. The summed E-state index contributed by atoms with van der Waals surface area (Å²) in [6.07, 6.45) is 1.36. The Kier molecular flexibility index (Phi) is 5.73. The number of benzene rings is 1. The van der Waals surface area contributed by atoms with Gasteiger partial charge in [-0.1, -0.05) is 31.0 Å². The first-order chi connectivity index (χ1) is 14.1. The third-order valence-corrected chi connectivity index (χ3v) is 5.02. The van der Waals surface area contributed by atoms with Crippen LogP contribution >= 0.6 is 0 Å². The van der Waals surface area contributed by atoms with Gasteiger partial charge >= 0.3 is 5.69 Å². The number of hydrogen-bond acceptors (Lipinski definition) is 4. The molecule has 2 aromatic heterocycles. The van der Waals surface area contributed by atoms with Crippen LogP contribution in [0.4, 0.5) is 0 Å². The third-order valence-electron chi connectivity index (χ3n) is 5.02. The average molecular weight is 407 g/mol. The van der Waals surface area contributed by atoms with E-state index >= 15 is 0 Å². The molecule has 0 bridgehead atoms. The van der Waals surface area contributed by atoms with Gasteiger partial charge < -0.3 is 5.21 Å². The highest BCUT2D eigenvalue weighted by atomic mass is 16.5. The minimum absolute atomic E-state index is 0.0584. The summed E-state index contributed by atoms with van der Waals surface area (Å²) >= 11 is 0. The normalized spacial score (nSPS) is 11.1. The molecule has 0 saturated heterocycles. The van der Waals surface area contributed by atoms with Crippen molar-refractivity contribution >= 4 is 5.78 Å². The number of aromatic amines is 1. The van der Waals surface area contributed by atoms with Crippen molar-refractivity contribution in [2.75, 3.05) is 0 Å². The molecule has 0 spiro atoms. The summed E-state index contributed by atoms with van der Waals surface area (Å²) in [5.74, 6) is -0.646. The number of carbonyl (C=O) groups is 1. The minimum Gasteiger partial charge on any atom is -0.619 e. The maximum Gasteiger partial charge on any atom is 0.329 e. The molecule has 7 heteroatoms. The number of nitrogens with one attached hydrogen (secondary N) is 1. The molecule has 1 N–H and O–H groups in total. The van der Waals surface area contributed by atoms with Gasteiger partial charge in [-0.3, -0.25) is 19.1 Å². The Hall–Kier alpha value is -3.48. The Bertz CT molecular complexity index is 1230. The summed E-state index contributed by atoms with van der Waals surface area (Å²) in [5.41, 5.74) is 2.55. The van der Waals surface area contributed by atoms with Crippen molar-refractivity contribution in [1.29, 1.82) is 0 Å². The molecule has 156 valence electrons. The lowest BCUT2D eigenvalue weighted by Gasteiger charge is -2.18. The summed E-state index contributed by atoms with van der Waals surface area (Å²) < 4.78 is 2.01. The summed E-state index contributed by atoms with van der Waals surface area (Å²) in [5, 5.41) is 11.6. The fourth-order valence-corrected chi connectivity index (χ4v) is 3.70. The minimum atomic E-state index is -0.659. The van der Waals surface area contributed by atoms with E-state index in [9.17, 15) is 19.6 Å². The smallest absolute Gasteiger partial charge is 0.329 e. The zero-order valence-corrected chi connectivity index (χ0v) is 17.8. The molecule has 0 aliphatic rings. The largest absolute Gasteiger partial charge is 0.619 e. The fraction of sp³-hybridized carbons (Fsp3) is 0.304. The maximum absolute atomic E-state index is 13.5. The van der Waals surface area contributed by atoms with Gasteiger partial charge in [0, 0.05) is 30.2 Å². The molecule has 0 saturated carbocycles. The molecule has 3 rings (SSSR count). The van der Waals surface area contributed by atoms with E-state index in [-0.39, 0.29) is 29.5 Å². The lowest BCUT2D eigenvalue weighted by atomic mass is 9.95. The summed E-state index contributed by atoms with van der Waals surface area (Å²) in [6.45, 7) is 9.12. The van der Waals surface area contributed by atoms with Crippen molar-refractivity contribution in [1.82, 2.24) is 9.55 Å². The number of hydrogen-bond donors (Lipinski definition) is 1. The van der Waals surface area contributed by atoms with E-state index in [0.717, 1.165) is 15.9 Å². The first-order valence-electron chi connectivity index (χ1n) is 9.77. The number of pyridine rings is 1. The molecule has 3 aromatic rings. The Morgan fingerprint density at radius 1 is 1.10 bits per heavy atom. The number of nitrogens with zero attached hydrogens (tertiary/aromatic N) is 2. The molecule has 0 radical (unpaired) electrons. The van der Waals surface area contributed by atoms with Crippen molar-refractivity contribution in [3.63, 3.8) is 0 Å². The highest BCUT2D eigenvalue weighted by molar-refractivity contribution is 6.09. The van der Waals surface area contributed by atoms with Gasteiger partial charge in [-0.2, -0.15) is 4.73 Å². The molecular formula is C23H25N3O4. The highest BCUT2D eigenvalue weighted by Gasteiger charge is 2.25. The monoisotopic (exact) mass is 407 g/mol. The van der Waals surface area contributed by atoms with Gasteiger partial charge in [0.1, 0.15) is 5.69 Å². The predicted octanol–water partition coefficient (Wildman–Crippen LogP) is 2.50. The quantitative estimate of drug-likeness (QED) is 0.399. The molecule has 0 unspecified atom stereocenters. The number of carbonyl (C=O) groups excluding carboxylic acids is 1. The maximum atomic E-state index is 13.5. The van der Waals surface area contributed by atoms with Gasteiger partial charge in [0.15, 0.2) is 11.9 Å². The predicted molar refractivity (Wildman–Crippen MR) is 114 cm³/mol. The zero-order chi connectivity index (χ0) is 22.2. The van der Waals surface area contributed by atoms with Crippen molar-refractivity contribution in [2.45, 2.75) is 47.1 Å². The summed E-state index contributed by atoms with van der Waals surface area (Å²) in [7, 11) is 0. The van der Waals surface area contributed by atoms with Crippen LogP contribution < -0.4 is 16.0 Å². The number of ketones is 1. The Balaban J connectivity index is 2.27. The van der Waals surface area contributed by atoms with Gasteiger partial charge in [0.25, 0.3) is 5.56 Å². The van der Waals surface area contributed by atoms with E-state index in [4.69, 9.17) is 0 Å². The Labute approximate surface area is 174 Å². The summed E-state index contributed by atoms with van der Waals surface area (Å²) in [4.78, 5) is 41.2. The lowest BCUT2D eigenvalue weighted by molar-refractivity contribution is -0.612. The molecular weight excluding hydrogens is 382 g/mol. The second-order valence-electron chi connectivity index (χ2n) is 7.97. The first-order valence-corrected chi connectivity index (χ1v) is 9.77. The number of rotatable bonds is 5. The van der Waals surface area contributed by atoms with E-state index in [1.54, 1.807) is 31.2 Å². The third kappa shape index (κ3) is 4.10. The van der Waals surface area contributed by atoms with Gasteiger partial charge in [-0.05, 0) is 37.5 Å². The fourth-order valence-electron chi connectivity index (χ4n) is 3.70. The molecule has 0 aliphatic heterocycles. The van der Waals surface area contributed by atoms with E-state index in [1.165, 1.54) is 10.8 Å². The van der Waals surface area contributed by atoms with Crippen LogP contribution in [0.5, 0.6) is 0 Å². The molecule has 0 atom stereocenters. The number of H-pyrrole nitrogens is 1. The highest BCUT2D eigenvalue weighted by Crippen LogP contribution is 2.20. The van der Waals surface area contributed by atoms with Gasteiger partial charge in [-0.15, -0.1) is 0 Å². The van der Waals surface area contributed by atoms with Crippen molar-refractivity contribution < 1.29 is 9.52 Å². The van der Waals surface area contributed by atoms with Crippen LogP contribution in [0.1, 0.15) is 63.8 Å². The van der Waals surface area contributed by atoms with Crippen LogP contribution in [0.3, 0.4) is 0 Å². The van der Waals surface area contributed by atoms with Crippen molar-refractivity contribution in [3.05, 3.63) is 102 Å². The first kappa shape index (κ1) is 21.2. The SMILES string of the molecule is Cc1cc(C)cc(C(=O)c2c(C(C)C)c(=O)[nH]c(=O)n2Cc2cc[n+]([O-])c(C)c2)c1. The molecule has 0 amide bonds. The van der Waals surface area contributed by atoms with Crippen molar-refractivity contribution in [3.8, 4) is 0 Å². The lowest BCUT2D eigenvalue weighted by Crippen LogP contribution is -2.38. The van der Waals surface area contributed by atoms with E-state index in [1.807, 2.05) is 33.8 Å².